The highest BCUT2D eigenvalue weighted by atomic mass is 32.2. The van der Waals surface area contributed by atoms with Gasteiger partial charge in [-0.3, -0.25) is 9.69 Å². The number of rotatable bonds is 3. The predicted octanol–water partition coefficient (Wildman–Crippen LogP) is 6.48. The number of aryl methyl sites for hydroxylation is 2. The van der Waals surface area contributed by atoms with Crippen LogP contribution in [0.1, 0.15) is 16.7 Å². The highest BCUT2D eigenvalue weighted by molar-refractivity contribution is 8.19. The summed E-state index contributed by atoms with van der Waals surface area (Å²) >= 11 is 3.12. The van der Waals surface area contributed by atoms with E-state index in [0.717, 1.165) is 43.2 Å². The number of amides is 1. The third-order valence-electron chi connectivity index (χ3n) is 5.56. The summed E-state index contributed by atoms with van der Waals surface area (Å²) < 4.78 is 0. The maximum Gasteiger partial charge on any atom is 0.269 e. The van der Waals surface area contributed by atoms with Crippen LogP contribution >= 0.6 is 23.5 Å². The highest BCUT2D eigenvalue weighted by Gasteiger charge is 2.39. The van der Waals surface area contributed by atoms with Crippen LogP contribution in [0.5, 0.6) is 0 Å². The summed E-state index contributed by atoms with van der Waals surface area (Å²) in [7, 11) is 2.02. The summed E-state index contributed by atoms with van der Waals surface area (Å²) in [6.07, 6.45) is 0. The van der Waals surface area contributed by atoms with Gasteiger partial charge in [0, 0.05) is 11.9 Å². The molecule has 0 unspecified atom stereocenters. The van der Waals surface area contributed by atoms with Crippen molar-refractivity contribution in [1.82, 2.24) is 4.90 Å². The van der Waals surface area contributed by atoms with Gasteiger partial charge in [0.25, 0.3) is 5.91 Å². The van der Waals surface area contributed by atoms with Crippen molar-refractivity contribution in [3.63, 3.8) is 0 Å². The quantitative estimate of drug-likeness (QED) is 0.422. The number of hydrogen-bond acceptors (Lipinski definition) is 5. The first-order valence-electron chi connectivity index (χ1n) is 10.5. The molecule has 0 saturated carbocycles. The van der Waals surface area contributed by atoms with E-state index in [0.29, 0.717) is 6.54 Å². The van der Waals surface area contributed by atoms with Crippen LogP contribution in [0.3, 0.4) is 0 Å². The smallest absolute Gasteiger partial charge is 0.269 e. The molecule has 2 aliphatic heterocycles. The van der Waals surface area contributed by atoms with E-state index in [1.165, 1.54) is 16.7 Å². The second-order valence-corrected chi connectivity index (χ2v) is 9.93. The Kier molecular flexibility index (Phi) is 5.57. The van der Waals surface area contributed by atoms with E-state index in [4.69, 9.17) is 4.99 Å². The predicted molar refractivity (Wildman–Crippen MR) is 135 cm³/mol. The largest absolute Gasteiger partial charge is 0.337 e. The monoisotopic (exact) mass is 457 g/mol. The number of benzene rings is 3. The Morgan fingerprint density at radius 3 is 2.44 bits per heavy atom. The van der Waals surface area contributed by atoms with Crippen LogP contribution in [0.2, 0.25) is 0 Å². The first kappa shape index (κ1) is 20.9. The van der Waals surface area contributed by atoms with Gasteiger partial charge in [-0.15, -0.1) is 0 Å². The number of carbonyl (C=O) groups excluding carboxylic acids is 1. The van der Waals surface area contributed by atoms with Crippen LogP contribution in [-0.4, -0.2) is 23.0 Å². The molecule has 1 fully saturated rings. The molecule has 32 heavy (non-hydrogen) atoms. The second-order valence-electron chi connectivity index (χ2n) is 7.93. The van der Waals surface area contributed by atoms with Gasteiger partial charge in [0.1, 0.15) is 4.91 Å². The topological polar surface area (TPSA) is 35.9 Å². The molecular weight excluding hydrogens is 434 g/mol. The van der Waals surface area contributed by atoms with E-state index in [1.54, 1.807) is 11.8 Å². The molecule has 0 radical (unpaired) electrons. The number of nitrogens with zero attached hydrogens (tertiary/aromatic N) is 3. The highest BCUT2D eigenvalue weighted by Crippen LogP contribution is 2.50. The Balaban J connectivity index is 1.58. The number of thioether (sulfide) groups is 2. The van der Waals surface area contributed by atoms with Gasteiger partial charge in [-0.05, 0) is 60.5 Å². The van der Waals surface area contributed by atoms with Gasteiger partial charge in [-0.25, -0.2) is 4.99 Å². The fraction of sp³-hybridized carbons (Fsp3) is 0.154. The number of anilines is 1. The number of fused-ring (bicyclic) bond motifs is 1. The number of aliphatic imine (C=N–C) groups is 1. The number of hydrogen-bond donors (Lipinski definition) is 0. The van der Waals surface area contributed by atoms with Gasteiger partial charge in [-0.2, -0.15) is 0 Å². The summed E-state index contributed by atoms with van der Waals surface area (Å²) in [6, 6.07) is 24.6. The minimum absolute atomic E-state index is 0.00469. The van der Waals surface area contributed by atoms with Crippen molar-refractivity contribution in [2.45, 2.75) is 25.3 Å². The third-order valence-corrected chi connectivity index (χ3v) is 7.99. The minimum atomic E-state index is 0.00469. The Hall–Kier alpha value is -2.96. The van der Waals surface area contributed by atoms with Crippen LogP contribution in [0.15, 0.2) is 92.6 Å². The molecule has 4 nitrogen and oxygen atoms in total. The zero-order valence-corrected chi connectivity index (χ0v) is 19.8. The maximum atomic E-state index is 13.7. The van der Waals surface area contributed by atoms with Gasteiger partial charge in [0.05, 0.1) is 22.9 Å². The fourth-order valence-electron chi connectivity index (χ4n) is 3.77. The lowest BCUT2D eigenvalue weighted by molar-refractivity contribution is -0.122. The Labute approximate surface area is 197 Å². The zero-order valence-electron chi connectivity index (χ0n) is 18.2. The second kappa shape index (κ2) is 8.52. The molecule has 5 rings (SSSR count). The molecular formula is C26H23N3OS2. The van der Waals surface area contributed by atoms with Crippen molar-refractivity contribution in [2.24, 2.45) is 4.99 Å². The molecule has 0 spiro atoms. The van der Waals surface area contributed by atoms with E-state index in [1.807, 2.05) is 54.4 Å². The van der Waals surface area contributed by atoms with E-state index >= 15 is 0 Å². The summed E-state index contributed by atoms with van der Waals surface area (Å²) in [5.74, 6) is 0.00469. The molecule has 0 aliphatic carbocycles. The van der Waals surface area contributed by atoms with Crippen molar-refractivity contribution in [2.75, 3.05) is 11.9 Å². The Morgan fingerprint density at radius 2 is 1.66 bits per heavy atom. The van der Waals surface area contributed by atoms with Crippen molar-refractivity contribution >= 4 is 46.0 Å². The fourth-order valence-corrected chi connectivity index (χ4v) is 6.10. The van der Waals surface area contributed by atoms with Gasteiger partial charge in [0.15, 0.2) is 5.17 Å². The standard InChI is InChI=1S/C26H23N3OS2/c1-17-13-14-18(2)20(15-17)27-26-29(16-19-9-5-4-6-10-19)24(30)23(32-26)25-28(3)21-11-7-8-12-22(21)31-25/h4-15H,16H2,1-3H3/b25-23-,27-26?. The maximum absolute atomic E-state index is 13.7. The molecule has 0 bridgehead atoms. The van der Waals surface area contributed by atoms with Gasteiger partial charge < -0.3 is 4.90 Å². The van der Waals surface area contributed by atoms with Gasteiger partial charge in [0.2, 0.25) is 0 Å². The molecule has 160 valence electrons. The number of carbonyl (C=O) groups is 1. The molecule has 0 N–H and O–H groups in total. The zero-order chi connectivity index (χ0) is 22.2. The first-order valence-corrected chi connectivity index (χ1v) is 12.1. The molecule has 2 heterocycles. The molecule has 3 aromatic rings. The average molecular weight is 458 g/mol. The lowest BCUT2D eigenvalue weighted by atomic mass is 10.1. The minimum Gasteiger partial charge on any atom is -0.337 e. The van der Waals surface area contributed by atoms with E-state index in [-0.39, 0.29) is 5.91 Å². The van der Waals surface area contributed by atoms with Crippen molar-refractivity contribution in [3.05, 3.63) is 99.4 Å². The summed E-state index contributed by atoms with van der Waals surface area (Å²) in [6.45, 7) is 4.61. The van der Waals surface area contributed by atoms with Crippen molar-refractivity contribution < 1.29 is 4.79 Å². The Bertz CT molecular complexity index is 1270. The van der Waals surface area contributed by atoms with Crippen LogP contribution in [-0.2, 0) is 11.3 Å². The number of amidine groups is 1. The summed E-state index contributed by atoms with van der Waals surface area (Å²) in [5.41, 5.74) is 5.36. The van der Waals surface area contributed by atoms with Crippen LogP contribution < -0.4 is 4.90 Å². The van der Waals surface area contributed by atoms with E-state index in [9.17, 15) is 4.79 Å². The molecule has 6 heteroatoms. The SMILES string of the molecule is Cc1ccc(C)c(N=C2S/C(=C3\Sc4ccccc4N3C)C(=O)N2Cc2ccccc2)c1. The molecule has 0 atom stereocenters. The number of para-hydroxylation sites is 1. The lowest BCUT2D eigenvalue weighted by Crippen LogP contribution is -2.29. The van der Waals surface area contributed by atoms with Gasteiger partial charge >= 0.3 is 0 Å². The summed E-state index contributed by atoms with van der Waals surface area (Å²) in [5, 5.41) is 1.69. The molecule has 0 aromatic heterocycles. The molecule has 2 aliphatic rings. The Morgan fingerprint density at radius 1 is 0.906 bits per heavy atom. The van der Waals surface area contributed by atoms with Crippen molar-refractivity contribution in [1.29, 1.82) is 0 Å². The van der Waals surface area contributed by atoms with Crippen LogP contribution in [0, 0.1) is 13.8 Å². The van der Waals surface area contributed by atoms with Gasteiger partial charge in [-0.1, -0.05) is 66.4 Å². The molecule has 3 aromatic carbocycles. The molecule has 1 amide bonds. The third kappa shape index (κ3) is 3.85. The van der Waals surface area contributed by atoms with Crippen molar-refractivity contribution in [3.8, 4) is 0 Å². The normalized spacial score (nSPS) is 19.2. The lowest BCUT2D eigenvalue weighted by Gasteiger charge is -2.17. The molecule has 1 saturated heterocycles. The van der Waals surface area contributed by atoms with Crippen LogP contribution in [0.4, 0.5) is 11.4 Å². The first-order chi connectivity index (χ1) is 15.5. The van der Waals surface area contributed by atoms with Crippen LogP contribution in [0.25, 0.3) is 0 Å². The van der Waals surface area contributed by atoms with E-state index < -0.39 is 0 Å². The van der Waals surface area contributed by atoms with E-state index in [2.05, 4.69) is 49.1 Å². The average Bonchev–Trinajstić information content (AvgIpc) is 3.29. The summed E-state index contributed by atoms with van der Waals surface area (Å²) in [4.78, 5) is 24.5.